The first kappa shape index (κ1) is 20.2. The van der Waals surface area contributed by atoms with E-state index in [0.29, 0.717) is 33.5 Å². The minimum absolute atomic E-state index is 0.229. The Morgan fingerprint density at radius 3 is 2.24 bits per heavy atom. The number of nitrogens with one attached hydrogen (secondary N) is 2. The first-order valence-corrected chi connectivity index (χ1v) is 9.16. The minimum atomic E-state index is -0.400. The SMILES string of the molecule is COc1ccccc1OCC(=O)Nc1ccccc1C(=O)Nc1ccc(Cl)cc1. The van der Waals surface area contributed by atoms with E-state index in [4.69, 9.17) is 21.1 Å². The molecule has 29 heavy (non-hydrogen) atoms. The van der Waals surface area contributed by atoms with Gasteiger partial charge in [0.25, 0.3) is 11.8 Å². The van der Waals surface area contributed by atoms with Crippen molar-refractivity contribution in [2.24, 2.45) is 0 Å². The zero-order valence-electron chi connectivity index (χ0n) is 15.6. The van der Waals surface area contributed by atoms with Gasteiger partial charge in [0.05, 0.1) is 18.4 Å². The molecule has 0 unspecified atom stereocenters. The Morgan fingerprint density at radius 1 is 0.862 bits per heavy atom. The molecule has 0 aliphatic heterocycles. The van der Waals surface area contributed by atoms with Crippen LogP contribution in [0.5, 0.6) is 11.5 Å². The predicted molar refractivity (Wildman–Crippen MR) is 113 cm³/mol. The topological polar surface area (TPSA) is 76.7 Å². The van der Waals surface area contributed by atoms with E-state index in [0.717, 1.165) is 0 Å². The second kappa shape index (κ2) is 9.61. The average Bonchev–Trinajstić information content (AvgIpc) is 2.74. The highest BCUT2D eigenvalue weighted by Gasteiger charge is 2.14. The lowest BCUT2D eigenvalue weighted by atomic mass is 10.1. The summed E-state index contributed by atoms with van der Waals surface area (Å²) in [5.74, 6) is 0.235. The number of methoxy groups -OCH3 is 1. The lowest BCUT2D eigenvalue weighted by molar-refractivity contribution is -0.118. The Labute approximate surface area is 173 Å². The number of halogens is 1. The summed E-state index contributed by atoms with van der Waals surface area (Å²) in [6.45, 7) is -0.229. The van der Waals surface area contributed by atoms with E-state index >= 15 is 0 Å². The highest BCUT2D eigenvalue weighted by Crippen LogP contribution is 2.25. The second-order valence-electron chi connectivity index (χ2n) is 5.99. The standard InChI is InChI=1S/C22H19ClN2O4/c1-28-19-8-4-5-9-20(19)29-14-21(26)25-18-7-3-2-6-17(18)22(27)24-16-12-10-15(23)11-13-16/h2-13H,14H2,1H3,(H,24,27)(H,25,26). The predicted octanol–water partition coefficient (Wildman–Crippen LogP) is 4.62. The van der Waals surface area contributed by atoms with E-state index in [-0.39, 0.29) is 12.5 Å². The van der Waals surface area contributed by atoms with E-state index < -0.39 is 5.91 Å². The van der Waals surface area contributed by atoms with Gasteiger partial charge in [-0.05, 0) is 48.5 Å². The summed E-state index contributed by atoms with van der Waals surface area (Å²) in [5, 5.41) is 6.06. The van der Waals surface area contributed by atoms with Gasteiger partial charge in [-0.2, -0.15) is 0 Å². The van der Waals surface area contributed by atoms with Crippen molar-refractivity contribution in [2.75, 3.05) is 24.4 Å². The van der Waals surface area contributed by atoms with Crippen molar-refractivity contribution >= 4 is 34.8 Å². The van der Waals surface area contributed by atoms with Crippen LogP contribution < -0.4 is 20.1 Å². The average molecular weight is 411 g/mol. The Hall–Kier alpha value is -3.51. The summed E-state index contributed by atoms with van der Waals surface area (Å²) in [6.07, 6.45) is 0. The normalized spacial score (nSPS) is 10.1. The molecular formula is C22H19ClN2O4. The molecule has 2 amide bonds. The summed E-state index contributed by atoms with van der Waals surface area (Å²) in [5.41, 5.74) is 1.31. The first-order chi connectivity index (χ1) is 14.1. The van der Waals surface area contributed by atoms with E-state index in [1.807, 2.05) is 0 Å². The van der Waals surface area contributed by atoms with Crippen molar-refractivity contribution in [2.45, 2.75) is 0 Å². The molecule has 0 aliphatic carbocycles. The van der Waals surface area contributed by atoms with Crippen LogP contribution in [0.3, 0.4) is 0 Å². The number of benzene rings is 3. The van der Waals surface area contributed by atoms with Crippen LogP contribution in [0.1, 0.15) is 10.4 Å². The number of amides is 2. The fourth-order valence-corrected chi connectivity index (χ4v) is 2.72. The van der Waals surface area contributed by atoms with Gasteiger partial charge >= 0.3 is 0 Å². The summed E-state index contributed by atoms with van der Waals surface area (Å²) < 4.78 is 10.7. The number of ether oxygens (including phenoxy) is 2. The Balaban J connectivity index is 1.66. The number of para-hydroxylation sites is 3. The third-order valence-corrected chi connectivity index (χ3v) is 4.23. The van der Waals surface area contributed by atoms with E-state index in [1.165, 1.54) is 7.11 Å². The number of hydrogen-bond donors (Lipinski definition) is 2. The van der Waals surface area contributed by atoms with Crippen molar-refractivity contribution in [1.82, 2.24) is 0 Å². The van der Waals surface area contributed by atoms with Crippen molar-refractivity contribution in [3.05, 3.63) is 83.4 Å². The van der Waals surface area contributed by atoms with Gasteiger partial charge in [0.15, 0.2) is 18.1 Å². The molecule has 0 fully saturated rings. The summed E-state index contributed by atoms with van der Waals surface area (Å²) in [6, 6.07) is 20.5. The van der Waals surface area contributed by atoms with Crippen LogP contribution in [0.2, 0.25) is 5.02 Å². The fraction of sp³-hybridized carbons (Fsp3) is 0.0909. The third kappa shape index (κ3) is 5.49. The van der Waals surface area contributed by atoms with Crippen molar-refractivity contribution in [3.8, 4) is 11.5 Å². The highest BCUT2D eigenvalue weighted by atomic mass is 35.5. The largest absolute Gasteiger partial charge is 0.493 e. The van der Waals surface area contributed by atoms with E-state index in [1.54, 1.807) is 72.8 Å². The van der Waals surface area contributed by atoms with Gasteiger partial charge in [-0.3, -0.25) is 9.59 Å². The van der Waals surface area contributed by atoms with Gasteiger partial charge in [-0.15, -0.1) is 0 Å². The van der Waals surface area contributed by atoms with Crippen molar-refractivity contribution in [3.63, 3.8) is 0 Å². The molecule has 0 aromatic heterocycles. The summed E-state index contributed by atoms with van der Waals surface area (Å²) >= 11 is 5.86. The molecule has 2 N–H and O–H groups in total. The monoisotopic (exact) mass is 410 g/mol. The molecule has 0 saturated carbocycles. The Bertz CT molecular complexity index is 1010. The molecule has 148 valence electrons. The molecule has 0 spiro atoms. The molecule has 0 atom stereocenters. The molecule has 0 heterocycles. The van der Waals surface area contributed by atoms with Crippen LogP contribution in [-0.2, 0) is 4.79 Å². The molecular weight excluding hydrogens is 392 g/mol. The Morgan fingerprint density at radius 2 is 1.52 bits per heavy atom. The smallest absolute Gasteiger partial charge is 0.262 e. The van der Waals surface area contributed by atoms with Crippen molar-refractivity contribution < 1.29 is 19.1 Å². The van der Waals surface area contributed by atoms with Gasteiger partial charge in [-0.25, -0.2) is 0 Å². The number of carbonyl (C=O) groups is 2. The maximum absolute atomic E-state index is 12.6. The van der Waals surface area contributed by atoms with E-state index in [2.05, 4.69) is 10.6 Å². The van der Waals surface area contributed by atoms with Crippen LogP contribution in [-0.4, -0.2) is 25.5 Å². The highest BCUT2D eigenvalue weighted by molar-refractivity contribution is 6.30. The molecule has 0 saturated heterocycles. The van der Waals surface area contributed by atoms with Gasteiger partial charge in [0, 0.05) is 10.7 Å². The van der Waals surface area contributed by atoms with Crippen LogP contribution in [0.25, 0.3) is 0 Å². The molecule has 0 aliphatic rings. The van der Waals surface area contributed by atoms with Crippen LogP contribution in [0, 0.1) is 0 Å². The number of anilines is 2. The molecule has 0 radical (unpaired) electrons. The van der Waals surface area contributed by atoms with Crippen LogP contribution >= 0.6 is 11.6 Å². The summed E-state index contributed by atoms with van der Waals surface area (Å²) in [7, 11) is 1.53. The Kier molecular flexibility index (Phi) is 6.71. The lowest BCUT2D eigenvalue weighted by Gasteiger charge is -2.13. The van der Waals surface area contributed by atoms with Gasteiger partial charge in [0.2, 0.25) is 0 Å². The number of carbonyl (C=O) groups excluding carboxylic acids is 2. The maximum Gasteiger partial charge on any atom is 0.262 e. The first-order valence-electron chi connectivity index (χ1n) is 8.78. The van der Waals surface area contributed by atoms with Crippen molar-refractivity contribution in [1.29, 1.82) is 0 Å². The molecule has 3 aromatic rings. The fourth-order valence-electron chi connectivity index (χ4n) is 2.59. The lowest BCUT2D eigenvalue weighted by Crippen LogP contribution is -2.23. The zero-order valence-corrected chi connectivity index (χ0v) is 16.4. The minimum Gasteiger partial charge on any atom is -0.493 e. The number of hydrogen-bond acceptors (Lipinski definition) is 4. The quantitative estimate of drug-likeness (QED) is 0.596. The third-order valence-electron chi connectivity index (χ3n) is 3.98. The van der Waals surface area contributed by atoms with Gasteiger partial charge < -0.3 is 20.1 Å². The summed E-state index contributed by atoms with van der Waals surface area (Å²) in [4.78, 5) is 25.0. The second-order valence-corrected chi connectivity index (χ2v) is 6.43. The molecule has 0 bridgehead atoms. The van der Waals surface area contributed by atoms with Gasteiger partial charge in [-0.1, -0.05) is 35.9 Å². The molecule has 3 aromatic carbocycles. The molecule has 6 nitrogen and oxygen atoms in total. The number of rotatable bonds is 7. The maximum atomic E-state index is 12.6. The van der Waals surface area contributed by atoms with Crippen LogP contribution in [0.15, 0.2) is 72.8 Å². The molecule has 7 heteroatoms. The van der Waals surface area contributed by atoms with E-state index in [9.17, 15) is 9.59 Å². The van der Waals surface area contributed by atoms with Gasteiger partial charge in [0.1, 0.15) is 0 Å². The zero-order chi connectivity index (χ0) is 20.6. The molecule has 3 rings (SSSR count). The van der Waals surface area contributed by atoms with Crippen LogP contribution in [0.4, 0.5) is 11.4 Å².